The average molecular weight is 256 g/mol. The van der Waals surface area contributed by atoms with E-state index in [0.717, 1.165) is 12.8 Å². The van der Waals surface area contributed by atoms with Crippen molar-refractivity contribution in [3.05, 3.63) is 0 Å². The van der Waals surface area contributed by atoms with Crippen LogP contribution in [0.2, 0.25) is 0 Å². The lowest BCUT2D eigenvalue weighted by atomic mass is 9.81. The molecule has 1 amide bonds. The normalized spacial score (nSPS) is 22.7. The fraction of sp³-hybridized carbons (Fsp3) is 0.846. The van der Waals surface area contributed by atoms with E-state index in [-0.39, 0.29) is 17.4 Å². The number of esters is 1. The van der Waals surface area contributed by atoms with E-state index in [4.69, 9.17) is 10.5 Å². The molecule has 0 aromatic carbocycles. The predicted molar refractivity (Wildman–Crippen MR) is 68.8 cm³/mol. The Balaban J connectivity index is 2.60. The summed E-state index contributed by atoms with van der Waals surface area (Å²) in [6.45, 7) is 5.18. The van der Waals surface area contributed by atoms with E-state index in [1.54, 1.807) is 0 Å². The second-order valence-corrected chi connectivity index (χ2v) is 5.54. The Bertz CT molecular complexity index is 315. The second kappa shape index (κ2) is 6.18. The highest BCUT2D eigenvalue weighted by Gasteiger charge is 2.37. The van der Waals surface area contributed by atoms with Crippen molar-refractivity contribution in [2.45, 2.75) is 45.1 Å². The summed E-state index contributed by atoms with van der Waals surface area (Å²) in [6, 6.07) is 0. The lowest BCUT2D eigenvalue weighted by molar-refractivity contribution is -0.144. The molecule has 1 atom stereocenters. The molecule has 1 heterocycles. The molecule has 0 aromatic heterocycles. The third-order valence-electron chi connectivity index (χ3n) is 3.62. The SMILES string of the molecule is COC(=O)CC1CCN(C(=O)CCN)C(C)(C)C1. The molecule has 5 nitrogen and oxygen atoms in total. The zero-order valence-corrected chi connectivity index (χ0v) is 11.6. The fourth-order valence-corrected chi connectivity index (χ4v) is 2.75. The van der Waals surface area contributed by atoms with E-state index < -0.39 is 0 Å². The first-order chi connectivity index (χ1) is 8.40. The van der Waals surface area contributed by atoms with E-state index in [0.29, 0.717) is 31.8 Å². The van der Waals surface area contributed by atoms with Crippen molar-refractivity contribution in [2.75, 3.05) is 20.2 Å². The maximum Gasteiger partial charge on any atom is 0.305 e. The molecule has 1 rings (SSSR count). The molecule has 0 aromatic rings. The Hall–Kier alpha value is -1.10. The number of methoxy groups -OCH3 is 1. The van der Waals surface area contributed by atoms with Gasteiger partial charge in [0.25, 0.3) is 0 Å². The fourth-order valence-electron chi connectivity index (χ4n) is 2.75. The molecular weight excluding hydrogens is 232 g/mol. The van der Waals surface area contributed by atoms with Gasteiger partial charge in [0.05, 0.1) is 7.11 Å². The van der Waals surface area contributed by atoms with E-state index in [9.17, 15) is 9.59 Å². The lowest BCUT2D eigenvalue weighted by Gasteiger charge is -2.45. The molecule has 2 N–H and O–H groups in total. The van der Waals surface area contributed by atoms with Crippen molar-refractivity contribution in [3.8, 4) is 0 Å². The smallest absolute Gasteiger partial charge is 0.305 e. The highest BCUT2D eigenvalue weighted by molar-refractivity contribution is 5.77. The number of carbonyl (C=O) groups excluding carboxylic acids is 2. The van der Waals surface area contributed by atoms with Gasteiger partial charge in [-0.15, -0.1) is 0 Å². The van der Waals surface area contributed by atoms with E-state index in [1.165, 1.54) is 7.11 Å². The monoisotopic (exact) mass is 256 g/mol. The van der Waals surface area contributed by atoms with Crippen molar-refractivity contribution in [1.29, 1.82) is 0 Å². The molecule has 0 radical (unpaired) electrons. The van der Waals surface area contributed by atoms with E-state index in [2.05, 4.69) is 0 Å². The van der Waals surface area contributed by atoms with Crippen LogP contribution in [0.25, 0.3) is 0 Å². The largest absolute Gasteiger partial charge is 0.469 e. The highest BCUT2D eigenvalue weighted by Crippen LogP contribution is 2.33. The van der Waals surface area contributed by atoms with Crippen molar-refractivity contribution in [1.82, 2.24) is 4.90 Å². The number of likely N-dealkylation sites (tertiary alicyclic amines) is 1. The number of hydrogen-bond acceptors (Lipinski definition) is 4. The van der Waals surface area contributed by atoms with Crippen LogP contribution in [0, 0.1) is 5.92 Å². The van der Waals surface area contributed by atoms with Crippen LogP contribution >= 0.6 is 0 Å². The number of nitrogens with zero attached hydrogens (tertiary/aromatic N) is 1. The van der Waals surface area contributed by atoms with Gasteiger partial charge >= 0.3 is 5.97 Å². The van der Waals surface area contributed by atoms with Gasteiger partial charge < -0.3 is 15.4 Å². The zero-order valence-electron chi connectivity index (χ0n) is 11.6. The Morgan fingerprint density at radius 3 is 2.61 bits per heavy atom. The minimum atomic E-state index is -0.205. The summed E-state index contributed by atoms with van der Waals surface area (Å²) in [6.07, 6.45) is 2.53. The quantitative estimate of drug-likeness (QED) is 0.759. The second-order valence-electron chi connectivity index (χ2n) is 5.54. The van der Waals surface area contributed by atoms with Gasteiger partial charge in [-0.2, -0.15) is 0 Å². The minimum absolute atomic E-state index is 0.110. The lowest BCUT2D eigenvalue weighted by Crippen LogP contribution is -2.53. The van der Waals surface area contributed by atoms with Gasteiger partial charge in [-0.25, -0.2) is 0 Å². The van der Waals surface area contributed by atoms with Crippen LogP contribution in [-0.4, -0.2) is 42.5 Å². The highest BCUT2D eigenvalue weighted by atomic mass is 16.5. The molecule has 1 unspecified atom stereocenters. The van der Waals surface area contributed by atoms with Crippen LogP contribution in [0.1, 0.15) is 39.5 Å². The van der Waals surface area contributed by atoms with Gasteiger partial charge in [0.1, 0.15) is 0 Å². The summed E-state index contributed by atoms with van der Waals surface area (Å²) < 4.78 is 4.70. The summed E-state index contributed by atoms with van der Waals surface area (Å²) in [4.78, 5) is 25.1. The zero-order chi connectivity index (χ0) is 13.8. The van der Waals surface area contributed by atoms with Gasteiger partial charge in [0.2, 0.25) is 5.91 Å². The summed E-state index contributed by atoms with van der Waals surface area (Å²) in [5.41, 5.74) is 5.22. The first-order valence-corrected chi connectivity index (χ1v) is 6.48. The summed E-state index contributed by atoms with van der Waals surface area (Å²) in [7, 11) is 1.41. The van der Waals surface area contributed by atoms with Crippen LogP contribution in [0.5, 0.6) is 0 Å². The maximum absolute atomic E-state index is 12.0. The third kappa shape index (κ3) is 3.70. The van der Waals surface area contributed by atoms with Crippen LogP contribution in [0.3, 0.4) is 0 Å². The topological polar surface area (TPSA) is 72.6 Å². The molecule has 1 fully saturated rings. The van der Waals surface area contributed by atoms with E-state index >= 15 is 0 Å². The minimum Gasteiger partial charge on any atom is -0.469 e. The third-order valence-corrected chi connectivity index (χ3v) is 3.62. The van der Waals surface area contributed by atoms with Crippen molar-refractivity contribution in [2.24, 2.45) is 11.7 Å². The number of amides is 1. The average Bonchev–Trinajstić information content (AvgIpc) is 2.27. The molecule has 5 heteroatoms. The molecule has 104 valence electrons. The maximum atomic E-state index is 12.0. The number of ether oxygens (including phenoxy) is 1. The predicted octanol–water partition coefficient (Wildman–Crippen LogP) is 0.915. The first-order valence-electron chi connectivity index (χ1n) is 6.48. The Kier molecular flexibility index (Phi) is 5.14. The molecule has 1 aliphatic heterocycles. The van der Waals surface area contributed by atoms with Crippen LogP contribution in [-0.2, 0) is 14.3 Å². The van der Waals surface area contributed by atoms with Crippen LogP contribution in [0.4, 0.5) is 0 Å². The van der Waals surface area contributed by atoms with Gasteiger partial charge in [0, 0.05) is 31.5 Å². The standard InChI is InChI=1S/C13H24N2O3/c1-13(2)9-10(8-12(17)18-3)5-7-15(13)11(16)4-6-14/h10H,4-9,14H2,1-3H3. The molecule has 1 saturated heterocycles. The van der Waals surface area contributed by atoms with Crippen LogP contribution in [0.15, 0.2) is 0 Å². The van der Waals surface area contributed by atoms with Crippen molar-refractivity contribution >= 4 is 11.9 Å². The van der Waals surface area contributed by atoms with Crippen molar-refractivity contribution in [3.63, 3.8) is 0 Å². The number of carbonyl (C=O) groups is 2. The number of nitrogens with two attached hydrogens (primary N) is 1. The summed E-state index contributed by atoms with van der Waals surface area (Å²) in [5.74, 6) is 0.242. The van der Waals surface area contributed by atoms with Crippen molar-refractivity contribution < 1.29 is 14.3 Å². The Morgan fingerprint density at radius 2 is 2.11 bits per heavy atom. The Morgan fingerprint density at radius 1 is 1.44 bits per heavy atom. The van der Waals surface area contributed by atoms with Gasteiger partial charge in [-0.3, -0.25) is 9.59 Å². The molecule has 0 saturated carbocycles. The Labute approximate surface area is 109 Å². The molecule has 0 aliphatic carbocycles. The molecule has 1 aliphatic rings. The van der Waals surface area contributed by atoms with Gasteiger partial charge in [-0.1, -0.05) is 0 Å². The molecule has 18 heavy (non-hydrogen) atoms. The number of piperidine rings is 1. The number of rotatable bonds is 4. The molecule has 0 spiro atoms. The van der Waals surface area contributed by atoms with E-state index in [1.807, 2.05) is 18.7 Å². The first kappa shape index (κ1) is 15.0. The summed E-state index contributed by atoms with van der Waals surface area (Å²) in [5, 5.41) is 0. The van der Waals surface area contributed by atoms with Gasteiger partial charge in [-0.05, 0) is 32.6 Å². The molecule has 0 bridgehead atoms. The van der Waals surface area contributed by atoms with Crippen LogP contribution < -0.4 is 5.73 Å². The summed E-state index contributed by atoms with van der Waals surface area (Å²) >= 11 is 0. The molecular formula is C13H24N2O3. The van der Waals surface area contributed by atoms with Gasteiger partial charge in [0.15, 0.2) is 0 Å². The number of hydrogen-bond donors (Lipinski definition) is 1.